The third-order valence-electron chi connectivity index (χ3n) is 3.26. The summed E-state index contributed by atoms with van der Waals surface area (Å²) in [6.45, 7) is 4.14. The maximum absolute atomic E-state index is 5.66. The number of ether oxygens (including phenoxy) is 1. The largest absolute Gasteiger partial charge is 0.377 e. The molecule has 0 bridgehead atoms. The Morgan fingerprint density at radius 3 is 2.89 bits per heavy atom. The van der Waals surface area contributed by atoms with Gasteiger partial charge in [-0.3, -0.25) is 0 Å². The molecule has 1 saturated heterocycles. The third kappa shape index (κ3) is 4.30. The van der Waals surface area contributed by atoms with Crippen LogP contribution in [0.4, 0.5) is 0 Å². The molecule has 1 aliphatic rings. The SMILES string of the molecule is CCNC(CSCC1CCCO1)c1ccccc1. The number of hydrogen-bond donors (Lipinski definition) is 1. The van der Waals surface area contributed by atoms with E-state index >= 15 is 0 Å². The monoisotopic (exact) mass is 265 g/mol. The van der Waals surface area contributed by atoms with Gasteiger partial charge in [0.25, 0.3) is 0 Å². The van der Waals surface area contributed by atoms with Crippen molar-refractivity contribution in [3.63, 3.8) is 0 Å². The van der Waals surface area contributed by atoms with Crippen molar-refractivity contribution in [1.82, 2.24) is 5.32 Å². The zero-order chi connectivity index (χ0) is 12.6. The second-order valence-corrected chi connectivity index (χ2v) is 5.77. The lowest BCUT2D eigenvalue weighted by Gasteiger charge is -2.19. The molecular formula is C15H23NOS. The maximum atomic E-state index is 5.66. The zero-order valence-corrected chi connectivity index (χ0v) is 11.9. The van der Waals surface area contributed by atoms with E-state index in [2.05, 4.69) is 42.6 Å². The van der Waals surface area contributed by atoms with Gasteiger partial charge in [-0.2, -0.15) is 11.8 Å². The average Bonchev–Trinajstić information content (AvgIpc) is 2.92. The van der Waals surface area contributed by atoms with Crippen LogP contribution in [0.15, 0.2) is 30.3 Å². The van der Waals surface area contributed by atoms with Crippen LogP contribution in [-0.2, 0) is 4.74 Å². The van der Waals surface area contributed by atoms with E-state index in [9.17, 15) is 0 Å². The molecule has 0 saturated carbocycles. The number of nitrogens with one attached hydrogen (secondary N) is 1. The minimum Gasteiger partial charge on any atom is -0.377 e. The van der Waals surface area contributed by atoms with Gasteiger partial charge in [0.1, 0.15) is 0 Å². The Morgan fingerprint density at radius 2 is 2.22 bits per heavy atom. The molecule has 100 valence electrons. The summed E-state index contributed by atoms with van der Waals surface area (Å²) in [6.07, 6.45) is 2.97. The summed E-state index contributed by atoms with van der Waals surface area (Å²) < 4.78 is 5.66. The lowest BCUT2D eigenvalue weighted by Crippen LogP contribution is -2.23. The van der Waals surface area contributed by atoms with Crippen LogP contribution in [0.2, 0.25) is 0 Å². The standard InChI is InChI=1S/C15H23NOS/c1-2-16-15(13-7-4-3-5-8-13)12-18-11-14-9-6-10-17-14/h3-5,7-8,14-16H,2,6,9-12H2,1H3. The summed E-state index contributed by atoms with van der Waals surface area (Å²) in [7, 11) is 0. The van der Waals surface area contributed by atoms with E-state index < -0.39 is 0 Å². The van der Waals surface area contributed by atoms with Gasteiger partial charge >= 0.3 is 0 Å². The van der Waals surface area contributed by atoms with Crippen molar-refractivity contribution in [2.45, 2.75) is 31.9 Å². The van der Waals surface area contributed by atoms with E-state index in [1.807, 2.05) is 11.8 Å². The molecule has 1 N–H and O–H groups in total. The van der Waals surface area contributed by atoms with Gasteiger partial charge in [-0.05, 0) is 24.9 Å². The summed E-state index contributed by atoms with van der Waals surface area (Å²) in [5.74, 6) is 2.26. The third-order valence-corrected chi connectivity index (χ3v) is 4.44. The summed E-state index contributed by atoms with van der Waals surface area (Å²) in [6, 6.07) is 11.2. The molecule has 1 heterocycles. The van der Waals surface area contributed by atoms with Gasteiger partial charge in [0.05, 0.1) is 6.10 Å². The fraction of sp³-hybridized carbons (Fsp3) is 0.600. The van der Waals surface area contributed by atoms with Crippen LogP contribution in [-0.4, -0.2) is 30.8 Å². The van der Waals surface area contributed by atoms with Crippen molar-refractivity contribution in [2.75, 3.05) is 24.7 Å². The first-order valence-electron chi connectivity index (χ1n) is 6.88. The molecule has 3 heteroatoms. The topological polar surface area (TPSA) is 21.3 Å². The van der Waals surface area contributed by atoms with Crippen molar-refractivity contribution >= 4 is 11.8 Å². The van der Waals surface area contributed by atoms with Crippen molar-refractivity contribution in [3.05, 3.63) is 35.9 Å². The Morgan fingerprint density at radius 1 is 1.39 bits per heavy atom. The predicted molar refractivity (Wildman–Crippen MR) is 79.2 cm³/mol. The lowest BCUT2D eigenvalue weighted by atomic mass is 10.1. The minimum atomic E-state index is 0.461. The fourth-order valence-electron chi connectivity index (χ4n) is 2.30. The Kier molecular flexibility index (Phi) is 6.05. The molecule has 0 amide bonds. The van der Waals surface area contributed by atoms with Gasteiger partial charge in [0, 0.05) is 24.2 Å². The molecule has 2 rings (SSSR count). The van der Waals surface area contributed by atoms with Crippen LogP contribution in [0, 0.1) is 0 Å². The molecule has 2 atom stereocenters. The molecule has 0 aromatic heterocycles. The molecule has 1 aromatic rings. The maximum Gasteiger partial charge on any atom is 0.0666 e. The van der Waals surface area contributed by atoms with Gasteiger partial charge in [-0.1, -0.05) is 37.3 Å². The van der Waals surface area contributed by atoms with Crippen LogP contribution in [0.3, 0.4) is 0 Å². The van der Waals surface area contributed by atoms with E-state index in [0.717, 1.165) is 24.7 Å². The zero-order valence-electron chi connectivity index (χ0n) is 11.1. The van der Waals surface area contributed by atoms with Crippen molar-refractivity contribution in [2.24, 2.45) is 0 Å². The van der Waals surface area contributed by atoms with E-state index in [-0.39, 0.29) is 0 Å². The molecule has 18 heavy (non-hydrogen) atoms. The fourth-order valence-corrected chi connectivity index (χ4v) is 3.51. The van der Waals surface area contributed by atoms with E-state index in [1.165, 1.54) is 18.4 Å². The van der Waals surface area contributed by atoms with Crippen LogP contribution in [0.25, 0.3) is 0 Å². The number of thioether (sulfide) groups is 1. The van der Waals surface area contributed by atoms with Crippen molar-refractivity contribution < 1.29 is 4.74 Å². The highest BCUT2D eigenvalue weighted by Gasteiger charge is 2.16. The van der Waals surface area contributed by atoms with E-state index in [4.69, 9.17) is 4.74 Å². The summed E-state index contributed by atoms with van der Waals surface area (Å²) >= 11 is 2.01. The van der Waals surface area contributed by atoms with Crippen molar-refractivity contribution in [1.29, 1.82) is 0 Å². The quantitative estimate of drug-likeness (QED) is 0.817. The second-order valence-electron chi connectivity index (χ2n) is 4.69. The van der Waals surface area contributed by atoms with Crippen LogP contribution < -0.4 is 5.32 Å². The highest BCUT2D eigenvalue weighted by molar-refractivity contribution is 7.99. The summed E-state index contributed by atoms with van der Waals surface area (Å²) in [5.41, 5.74) is 1.39. The van der Waals surface area contributed by atoms with Gasteiger partial charge < -0.3 is 10.1 Å². The van der Waals surface area contributed by atoms with Crippen LogP contribution in [0.1, 0.15) is 31.4 Å². The first-order chi connectivity index (χ1) is 8.90. The Hall–Kier alpha value is -0.510. The molecule has 1 aliphatic heterocycles. The first kappa shape index (κ1) is 13.9. The molecule has 2 nitrogen and oxygen atoms in total. The highest BCUT2D eigenvalue weighted by atomic mass is 32.2. The van der Waals surface area contributed by atoms with Crippen LogP contribution in [0.5, 0.6) is 0 Å². The van der Waals surface area contributed by atoms with Crippen molar-refractivity contribution in [3.8, 4) is 0 Å². The molecular weight excluding hydrogens is 242 g/mol. The number of hydrogen-bond acceptors (Lipinski definition) is 3. The minimum absolute atomic E-state index is 0.461. The average molecular weight is 265 g/mol. The Labute approximate surface area is 114 Å². The Balaban J connectivity index is 1.79. The van der Waals surface area contributed by atoms with E-state index in [1.54, 1.807) is 0 Å². The second kappa shape index (κ2) is 7.82. The normalized spacial score (nSPS) is 21.1. The molecule has 0 radical (unpaired) electrons. The smallest absolute Gasteiger partial charge is 0.0666 e. The van der Waals surface area contributed by atoms with Gasteiger partial charge in [-0.15, -0.1) is 0 Å². The highest BCUT2D eigenvalue weighted by Crippen LogP contribution is 2.22. The Bertz CT molecular complexity index is 325. The molecule has 0 spiro atoms. The van der Waals surface area contributed by atoms with Gasteiger partial charge in [0.2, 0.25) is 0 Å². The first-order valence-corrected chi connectivity index (χ1v) is 8.03. The molecule has 0 aliphatic carbocycles. The predicted octanol–water partition coefficient (Wildman–Crippen LogP) is 3.25. The summed E-state index contributed by atoms with van der Waals surface area (Å²) in [5, 5.41) is 3.56. The molecule has 1 aromatic carbocycles. The summed E-state index contributed by atoms with van der Waals surface area (Å²) in [4.78, 5) is 0. The van der Waals surface area contributed by atoms with E-state index in [0.29, 0.717) is 12.1 Å². The number of benzene rings is 1. The van der Waals surface area contributed by atoms with Gasteiger partial charge in [-0.25, -0.2) is 0 Å². The van der Waals surface area contributed by atoms with Gasteiger partial charge in [0.15, 0.2) is 0 Å². The number of rotatable bonds is 7. The molecule has 1 fully saturated rings. The molecule has 2 unspecified atom stereocenters. The lowest BCUT2D eigenvalue weighted by molar-refractivity contribution is 0.129. The van der Waals surface area contributed by atoms with Crippen LogP contribution >= 0.6 is 11.8 Å².